The van der Waals surface area contributed by atoms with E-state index in [1.54, 1.807) is 28.5 Å². The van der Waals surface area contributed by atoms with E-state index in [2.05, 4.69) is 28.0 Å². The average molecular weight is 590 g/mol. The standard InChI is InChI=1S/C30H28ClN5O2S2/c1-3-35-27(34-15-13-33(14-16-34)22-10-5-4-6-11-22)23(20(2)24(18-32)28(35)37)17-26-29(38)36(30(39)40-26)19-21-9-7-8-12-25(21)31/h4-12,17H,3,13-16,19H2,1-2H3/b26-17+. The summed E-state index contributed by atoms with van der Waals surface area (Å²) >= 11 is 13.2. The minimum absolute atomic E-state index is 0.0892. The molecule has 3 aromatic rings. The minimum atomic E-state index is -0.314. The molecule has 0 radical (unpaired) electrons. The predicted octanol–water partition coefficient (Wildman–Crippen LogP) is 5.43. The number of hydrogen-bond acceptors (Lipinski definition) is 7. The summed E-state index contributed by atoms with van der Waals surface area (Å²) in [5.74, 6) is 0.509. The van der Waals surface area contributed by atoms with E-state index in [1.165, 1.54) is 11.8 Å². The number of hydrogen-bond donors (Lipinski definition) is 0. The molecule has 0 aliphatic carbocycles. The fourth-order valence-corrected chi connectivity index (χ4v) is 6.59. The molecule has 3 heterocycles. The predicted molar refractivity (Wildman–Crippen MR) is 167 cm³/mol. The van der Waals surface area contributed by atoms with Gasteiger partial charge in [-0.1, -0.05) is 72.0 Å². The largest absolute Gasteiger partial charge is 0.368 e. The third kappa shape index (κ3) is 5.27. The summed E-state index contributed by atoms with van der Waals surface area (Å²) in [5.41, 5.74) is 3.01. The molecule has 1 amide bonds. The van der Waals surface area contributed by atoms with E-state index in [0.29, 0.717) is 45.0 Å². The Hall–Kier alpha value is -3.58. The van der Waals surface area contributed by atoms with Gasteiger partial charge in [0.05, 0.1) is 11.4 Å². The lowest BCUT2D eigenvalue weighted by molar-refractivity contribution is -0.122. The Morgan fingerprint density at radius 3 is 2.33 bits per heavy atom. The smallest absolute Gasteiger partial charge is 0.270 e. The van der Waals surface area contributed by atoms with E-state index in [1.807, 2.05) is 43.3 Å². The SMILES string of the molecule is CCn1c(N2CCN(c3ccccc3)CC2)c(/C=C2/SC(=S)N(Cc3ccccc3Cl)C2=O)c(C)c(C#N)c1=O. The van der Waals surface area contributed by atoms with Gasteiger partial charge in [-0.3, -0.25) is 19.1 Å². The van der Waals surface area contributed by atoms with E-state index < -0.39 is 0 Å². The van der Waals surface area contributed by atoms with Gasteiger partial charge < -0.3 is 9.80 Å². The molecule has 2 aliphatic heterocycles. The van der Waals surface area contributed by atoms with Crippen LogP contribution in [0.15, 0.2) is 64.3 Å². The second-order valence-electron chi connectivity index (χ2n) is 9.57. The summed E-state index contributed by atoms with van der Waals surface area (Å²) in [4.78, 5) is 33.4. The molecule has 0 spiro atoms. The van der Waals surface area contributed by atoms with E-state index in [4.69, 9.17) is 23.8 Å². The third-order valence-electron chi connectivity index (χ3n) is 7.30. The fourth-order valence-electron chi connectivity index (χ4n) is 5.16. The summed E-state index contributed by atoms with van der Waals surface area (Å²) in [6.45, 7) is 7.28. The van der Waals surface area contributed by atoms with E-state index >= 15 is 0 Å². The van der Waals surface area contributed by atoms with Gasteiger partial charge in [-0.25, -0.2) is 0 Å². The highest BCUT2D eigenvalue weighted by Gasteiger charge is 2.34. The van der Waals surface area contributed by atoms with Crippen LogP contribution in [0, 0.1) is 18.3 Å². The minimum Gasteiger partial charge on any atom is -0.368 e. The Morgan fingerprint density at radius 1 is 1.02 bits per heavy atom. The maximum absolute atomic E-state index is 13.6. The van der Waals surface area contributed by atoms with Crippen LogP contribution in [-0.2, 0) is 17.9 Å². The van der Waals surface area contributed by atoms with Crippen LogP contribution in [0.2, 0.25) is 5.02 Å². The van der Waals surface area contributed by atoms with Crippen molar-refractivity contribution in [3.8, 4) is 6.07 Å². The average Bonchev–Trinajstić information content (AvgIpc) is 3.23. The van der Waals surface area contributed by atoms with Gasteiger partial charge in [0.2, 0.25) is 0 Å². The van der Waals surface area contributed by atoms with Crippen LogP contribution in [0.25, 0.3) is 6.08 Å². The first-order chi connectivity index (χ1) is 19.3. The number of piperazine rings is 1. The normalized spacial score (nSPS) is 16.6. The third-order valence-corrected chi connectivity index (χ3v) is 9.04. The van der Waals surface area contributed by atoms with Crippen molar-refractivity contribution in [2.75, 3.05) is 36.0 Å². The van der Waals surface area contributed by atoms with E-state index in [9.17, 15) is 14.9 Å². The van der Waals surface area contributed by atoms with Crippen molar-refractivity contribution < 1.29 is 4.79 Å². The van der Waals surface area contributed by atoms with Crippen LogP contribution in [0.4, 0.5) is 11.5 Å². The molecule has 204 valence electrons. The number of amides is 1. The summed E-state index contributed by atoms with van der Waals surface area (Å²) in [6, 6.07) is 19.7. The summed E-state index contributed by atoms with van der Waals surface area (Å²) in [7, 11) is 0. The first-order valence-electron chi connectivity index (χ1n) is 13.0. The van der Waals surface area contributed by atoms with Crippen LogP contribution < -0.4 is 15.4 Å². The van der Waals surface area contributed by atoms with Gasteiger partial charge >= 0.3 is 0 Å². The number of pyridine rings is 1. The molecule has 2 aromatic carbocycles. The number of nitriles is 1. The number of carbonyl (C=O) groups is 1. The highest BCUT2D eigenvalue weighted by molar-refractivity contribution is 8.26. The van der Waals surface area contributed by atoms with Crippen molar-refractivity contribution in [3.05, 3.63) is 97.1 Å². The molecule has 0 N–H and O–H groups in total. The number of aromatic nitrogens is 1. The van der Waals surface area contributed by atoms with Crippen LogP contribution in [0.3, 0.4) is 0 Å². The molecule has 5 rings (SSSR count). The van der Waals surface area contributed by atoms with E-state index in [-0.39, 0.29) is 23.6 Å². The van der Waals surface area contributed by atoms with Gasteiger partial charge in [0.1, 0.15) is 21.8 Å². The lowest BCUT2D eigenvalue weighted by Crippen LogP contribution is -2.48. The zero-order valence-electron chi connectivity index (χ0n) is 22.3. The number of nitrogens with zero attached hydrogens (tertiary/aromatic N) is 5. The molecule has 7 nitrogen and oxygen atoms in total. The maximum atomic E-state index is 13.6. The van der Waals surface area contributed by atoms with Gasteiger partial charge in [0.25, 0.3) is 11.5 Å². The van der Waals surface area contributed by atoms with Gasteiger partial charge in [0.15, 0.2) is 0 Å². The number of carbonyl (C=O) groups excluding carboxylic acids is 1. The monoisotopic (exact) mass is 589 g/mol. The van der Waals surface area contributed by atoms with E-state index in [0.717, 1.165) is 30.2 Å². The summed E-state index contributed by atoms with van der Waals surface area (Å²) in [5, 5.41) is 10.4. The highest BCUT2D eigenvalue weighted by atomic mass is 35.5. The molecule has 0 unspecified atom stereocenters. The molecule has 2 fully saturated rings. The molecule has 2 aliphatic rings. The second-order valence-corrected chi connectivity index (χ2v) is 11.7. The maximum Gasteiger partial charge on any atom is 0.270 e. The Balaban J connectivity index is 1.53. The lowest BCUT2D eigenvalue weighted by Gasteiger charge is -2.39. The fraction of sp³-hybridized carbons (Fsp3) is 0.267. The summed E-state index contributed by atoms with van der Waals surface area (Å²) < 4.78 is 2.09. The Morgan fingerprint density at radius 2 is 1.68 bits per heavy atom. The summed E-state index contributed by atoms with van der Waals surface area (Å²) in [6.07, 6.45) is 1.80. The zero-order valence-corrected chi connectivity index (χ0v) is 24.7. The molecule has 10 heteroatoms. The number of anilines is 2. The van der Waals surface area contributed by atoms with Crippen molar-refractivity contribution in [1.29, 1.82) is 5.26 Å². The van der Waals surface area contributed by atoms with Crippen LogP contribution in [-0.4, -0.2) is 45.9 Å². The lowest BCUT2D eigenvalue weighted by atomic mass is 10.0. The Bertz CT molecular complexity index is 1600. The highest BCUT2D eigenvalue weighted by Crippen LogP contribution is 2.37. The molecule has 2 saturated heterocycles. The number of rotatable bonds is 6. The van der Waals surface area contributed by atoms with Gasteiger partial charge in [-0.2, -0.15) is 5.26 Å². The molecule has 0 saturated carbocycles. The number of halogens is 1. The van der Waals surface area contributed by atoms with Gasteiger partial charge in [-0.15, -0.1) is 0 Å². The Kier molecular flexibility index (Phi) is 8.31. The van der Waals surface area contributed by atoms with Crippen LogP contribution in [0.5, 0.6) is 0 Å². The Labute approximate surface area is 248 Å². The molecule has 0 atom stereocenters. The number of para-hydroxylation sites is 1. The van der Waals surface area contributed by atoms with Crippen molar-refractivity contribution >= 4 is 63.4 Å². The van der Waals surface area contributed by atoms with Crippen molar-refractivity contribution in [1.82, 2.24) is 9.47 Å². The molecule has 40 heavy (non-hydrogen) atoms. The topological polar surface area (TPSA) is 72.6 Å². The zero-order chi connectivity index (χ0) is 28.4. The van der Waals surface area contributed by atoms with Gasteiger partial charge in [-0.05, 0) is 49.2 Å². The van der Waals surface area contributed by atoms with Crippen molar-refractivity contribution in [2.45, 2.75) is 26.9 Å². The van der Waals surface area contributed by atoms with Crippen LogP contribution >= 0.6 is 35.6 Å². The first-order valence-corrected chi connectivity index (χ1v) is 14.7. The molecule has 0 bridgehead atoms. The second kappa shape index (κ2) is 11.9. The molecular formula is C30H28ClN5O2S2. The van der Waals surface area contributed by atoms with Gasteiger partial charge in [0, 0.05) is 49.0 Å². The molecule has 1 aromatic heterocycles. The number of thiocarbonyl (C=S) groups is 1. The first kappa shape index (κ1) is 28.0. The molecular weight excluding hydrogens is 562 g/mol. The number of thioether (sulfide) groups is 1. The number of benzene rings is 2. The van der Waals surface area contributed by atoms with Crippen LogP contribution in [0.1, 0.15) is 29.2 Å². The van der Waals surface area contributed by atoms with Crippen molar-refractivity contribution in [2.24, 2.45) is 0 Å². The quantitative estimate of drug-likeness (QED) is 0.280. The van der Waals surface area contributed by atoms with Crippen molar-refractivity contribution in [3.63, 3.8) is 0 Å².